The zero-order valence-electron chi connectivity index (χ0n) is 13.7. The Labute approximate surface area is 137 Å². The molecule has 0 spiro atoms. The SMILES string of the molecule is CCNC(=NCc1ccc(Cl)cc1)NCC(=O)NC(C)(C)C. The monoisotopic (exact) mass is 324 g/mol. The molecule has 0 saturated heterocycles. The van der Waals surface area contributed by atoms with Crippen molar-refractivity contribution in [2.45, 2.75) is 39.8 Å². The lowest BCUT2D eigenvalue weighted by molar-refractivity contribution is -0.121. The van der Waals surface area contributed by atoms with Gasteiger partial charge in [-0.1, -0.05) is 23.7 Å². The van der Waals surface area contributed by atoms with E-state index in [1.165, 1.54) is 0 Å². The van der Waals surface area contributed by atoms with Crippen molar-refractivity contribution in [2.24, 2.45) is 4.99 Å². The predicted molar refractivity (Wildman–Crippen MR) is 92.2 cm³/mol. The molecular formula is C16H25ClN4O. The summed E-state index contributed by atoms with van der Waals surface area (Å²) in [6, 6.07) is 7.54. The molecule has 5 nitrogen and oxygen atoms in total. The zero-order valence-corrected chi connectivity index (χ0v) is 14.4. The second kappa shape index (κ2) is 8.63. The largest absolute Gasteiger partial charge is 0.357 e. The summed E-state index contributed by atoms with van der Waals surface area (Å²) in [6.45, 7) is 9.26. The summed E-state index contributed by atoms with van der Waals surface area (Å²) in [6.07, 6.45) is 0. The van der Waals surface area contributed by atoms with E-state index in [4.69, 9.17) is 11.6 Å². The second-order valence-corrected chi connectivity index (χ2v) is 6.41. The second-order valence-electron chi connectivity index (χ2n) is 5.97. The van der Waals surface area contributed by atoms with Crippen LogP contribution in [0.1, 0.15) is 33.3 Å². The molecule has 6 heteroatoms. The predicted octanol–water partition coefficient (Wildman–Crippen LogP) is 2.31. The van der Waals surface area contributed by atoms with E-state index in [1.807, 2.05) is 52.0 Å². The number of hydrogen-bond acceptors (Lipinski definition) is 2. The highest BCUT2D eigenvalue weighted by atomic mass is 35.5. The molecule has 1 aromatic rings. The molecule has 0 unspecified atom stereocenters. The van der Waals surface area contributed by atoms with Crippen molar-refractivity contribution >= 4 is 23.5 Å². The molecule has 22 heavy (non-hydrogen) atoms. The molecule has 3 N–H and O–H groups in total. The average Bonchev–Trinajstić information content (AvgIpc) is 2.42. The van der Waals surface area contributed by atoms with Crippen LogP contribution >= 0.6 is 11.6 Å². The first-order valence-corrected chi connectivity index (χ1v) is 7.75. The first-order chi connectivity index (χ1) is 10.3. The van der Waals surface area contributed by atoms with Crippen LogP contribution in [-0.4, -0.2) is 30.5 Å². The topological polar surface area (TPSA) is 65.5 Å². The summed E-state index contributed by atoms with van der Waals surface area (Å²) in [5.74, 6) is 0.547. The molecule has 0 atom stereocenters. The normalized spacial score (nSPS) is 12.0. The van der Waals surface area contributed by atoms with Gasteiger partial charge in [0.05, 0.1) is 13.1 Å². The van der Waals surface area contributed by atoms with Gasteiger partial charge in [-0.05, 0) is 45.4 Å². The van der Waals surface area contributed by atoms with Crippen molar-refractivity contribution in [2.75, 3.05) is 13.1 Å². The number of carbonyl (C=O) groups excluding carboxylic acids is 1. The molecule has 0 aliphatic rings. The van der Waals surface area contributed by atoms with Crippen molar-refractivity contribution in [3.8, 4) is 0 Å². The van der Waals surface area contributed by atoms with Gasteiger partial charge in [-0.15, -0.1) is 0 Å². The van der Waals surface area contributed by atoms with Crippen LogP contribution in [0.4, 0.5) is 0 Å². The summed E-state index contributed by atoms with van der Waals surface area (Å²) in [4.78, 5) is 16.3. The summed E-state index contributed by atoms with van der Waals surface area (Å²) >= 11 is 5.86. The minimum atomic E-state index is -0.239. The highest BCUT2D eigenvalue weighted by Gasteiger charge is 2.13. The van der Waals surface area contributed by atoms with E-state index in [2.05, 4.69) is 20.9 Å². The third-order valence-corrected chi connectivity index (χ3v) is 2.86. The van der Waals surface area contributed by atoms with Gasteiger partial charge < -0.3 is 16.0 Å². The Morgan fingerprint density at radius 1 is 1.18 bits per heavy atom. The number of benzene rings is 1. The highest BCUT2D eigenvalue weighted by Crippen LogP contribution is 2.10. The number of rotatable bonds is 5. The van der Waals surface area contributed by atoms with Gasteiger partial charge in [0.1, 0.15) is 0 Å². The van der Waals surface area contributed by atoms with E-state index in [0.717, 1.165) is 12.1 Å². The molecular weight excluding hydrogens is 300 g/mol. The van der Waals surface area contributed by atoms with Crippen LogP contribution in [-0.2, 0) is 11.3 Å². The molecule has 0 aromatic heterocycles. The smallest absolute Gasteiger partial charge is 0.239 e. The Bertz CT molecular complexity index is 506. The lowest BCUT2D eigenvalue weighted by atomic mass is 10.1. The summed E-state index contributed by atoms with van der Waals surface area (Å²) in [5.41, 5.74) is 0.818. The Kier molecular flexibility index (Phi) is 7.18. The number of halogens is 1. The molecule has 1 amide bonds. The molecule has 0 aliphatic carbocycles. The minimum Gasteiger partial charge on any atom is -0.357 e. The fourth-order valence-electron chi connectivity index (χ4n) is 1.73. The van der Waals surface area contributed by atoms with Gasteiger partial charge in [0.25, 0.3) is 0 Å². The van der Waals surface area contributed by atoms with E-state index in [1.54, 1.807) is 0 Å². The maximum absolute atomic E-state index is 11.8. The third kappa shape index (κ3) is 7.88. The van der Waals surface area contributed by atoms with Gasteiger partial charge in [-0.2, -0.15) is 0 Å². The number of hydrogen-bond donors (Lipinski definition) is 3. The molecule has 0 saturated carbocycles. The molecule has 0 heterocycles. The van der Waals surface area contributed by atoms with E-state index in [0.29, 0.717) is 17.5 Å². The van der Waals surface area contributed by atoms with Gasteiger partial charge >= 0.3 is 0 Å². The van der Waals surface area contributed by atoms with Gasteiger partial charge in [-0.3, -0.25) is 4.79 Å². The quantitative estimate of drug-likeness (QED) is 0.575. The number of nitrogens with zero attached hydrogens (tertiary/aromatic N) is 1. The minimum absolute atomic E-state index is 0.0652. The van der Waals surface area contributed by atoms with Gasteiger partial charge in [0.2, 0.25) is 5.91 Å². The number of carbonyl (C=O) groups is 1. The van der Waals surface area contributed by atoms with E-state index >= 15 is 0 Å². The van der Waals surface area contributed by atoms with Gasteiger partial charge in [0.15, 0.2) is 5.96 Å². The van der Waals surface area contributed by atoms with E-state index < -0.39 is 0 Å². The molecule has 1 aromatic carbocycles. The maximum Gasteiger partial charge on any atom is 0.239 e. The van der Waals surface area contributed by atoms with Gasteiger partial charge in [0, 0.05) is 17.1 Å². The first-order valence-electron chi connectivity index (χ1n) is 7.38. The number of amides is 1. The third-order valence-electron chi connectivity index (χ3n) is 2.61. The molecule has 122 valence electrons. The van der Waals surface area contributed by atoms with Crippen molar-refractivity contribution in [3.63, 3.8) is 0 Å². The van der Waals surface area contributed by atoms with Crippen molar-refractivity contribution in [1.82, 2.24) is 16.0 Å². The average molecular weight is 325 g/mol. The number of nitrogens with one attached hydrogen (secondary N) is 3. The van der Waals surface area contributed by atoms with Crippen LogP contribution in [0.3, 0.4) is 0 Å². The molecule has 1 rings (SSSR count). The Morgan fingerprint density at radius 2 is 1.82 bits per heavy atom. The lowest BCUT2D eigenvalue weighted by Crippen LogP contribution is -2.48. The number of aliphatic imine (C=N–C) groups is 1. The van der Waals surface area contributed by atoms with Crippen LogP contribution in [0.2, 0.25) is 5.02 Å². The Balaban J connectivity index is 2.55. The molecule has 0 bridgehead atoms. The van der Waals surface area contributed by atoms with Crippen LogP contribution in [0.25, 0.3) is 0 Å². The lowest BCUT2D eigenvalue weighted by Gasteiger charge is -2.21. The van der Waals surface area contributed by atoms with Crippen molar-refractivity contribution in [3.05, 3.63) is 34.9 Å². The summed E-state index contributed by atoms with van der Waals surface area (Å²) in [7, 11) is 0. The van der Waals surface area contributed by atoms with Crippen molar-refractivity contribution < 1.29 is 4.79 Å². The molecule has 0 aliphatic heterocycles. The van der Waals surface area contributed by atoms with Crippen molar-refractivity contribution in [1.29, 1.82) is 0 Å². The molecule has 0 fully saturated rings. The Hall–Kier alpha value is -1.75. The van der Waals surface area contributed by atoms with Crippen LogP contribution in [0.15, 0.2) is 29.3 Å². The fraction of sp³-hybridized carbons (Fsp3) is 0.500. The number of guanidine groups is 1. The Morgan fingerprint density at radius 3 is 2.36 bits per heavy atom. The zero-order chi connectivity index (χ0) is 16.6. The maximum atomic E-state index is 11.8. The molecule has 0 radical (unpaired) electrons. The standard InChI is InChI=1S/C16H25ClN4O/c1-5-18-15(20-11-14(22)21-16(2,3)4)19-10-12-6-8-13(17)9-7-12/h6-9H,5,10-11H2,1-4H3,(H,21,22)(H2,18,19,20). The highest BCUT2D eigenvalue weighted by molar-refractivity contribution is 6.30. The first kappa shape index (κ1) is 18.3. The van der Waals surface area contributed by atoms with Crippen LogP contribution < -0.4 is 16.0 Å². The van der Waals surface area contributed by atoms with Gasteiger partial charge in [-0.25, -0.2) is 4.99 Å². The summed E-state index contributed by atoms with van der Waals surface area (Å²) < 4.78 is 0. The summed E-state index contributed by atoms with van der Waals surface area (Å²) in [5, 5.41) is 9.74. The van der Waals surface area contributed by atoms with Crippen LogP contribution in [0, 0.1) is 0 Å². The van der Waals surface area contributed by atoms with E-state index in [-0.39, 0.29) is 18.0 Å². The van der Waals surface area contributed by atoms with E-state index in [9.17, 15) is 4.79 Å². The fourth-order valence-corrected chi connectivity index (χ4v) is 1.85. The van der Waals surface area contributed by atoms with Crippen LogP contribution in [0.5, 0.6) is 0 Å².